The van der Waals surface area contributed by atoms with Gasteiger partial charge in [-0.1, -0.05) is 24.3 Å². The van der Waals surface area contributed by atoms with Gasteiger partial charge >= 0.3 is 0 Å². The highest BCUT2D eigenvalue weighted by Crippen LogP contribution is 2.39. The summed E-state index contributed by atoms with van der Waals surface area (Å²) >= 11 is 1.65. The Labute approximate surface area is 117 Å². The summed E-state index contributed by atoms with van der Waals surface area (Å²) in [6.07, 6.45) is 0. The highest BCUT2D eigenvalue weighted by atomic mass is 32.2. The second kappa shape index (κ2) is 6.10. The standard InChI is InChI=1S/C14H18N2O2S/c1-10-5-3-4-6-12(10)14-16(13(18)9-19-14)8-7-15-11(2)17/h3-6,14H,7-9H2,1-2H3,(H,15,17). The van der Waals surface area contributed by atoms with Crippen molar-refractivity contribution >= 4 is 23.6 Å². The molecule has 0 spiro atoms. The Kier molecular flexibility index (Phi) is 4.47. The number of thioether (sulfide) groups is 1. The van der Waals surface area contributed by atoms with E-state index in [-0.39, 0.29) is 17.2 Å². The average Bonchev–Trinajstić information content (AvgIpc) is 2.72. The molecule has 1 atom stereocenters. The summed E-state index contributed by atoms with van der Waals surface area (Å²) in [7, 11) is 0. The van der Waals surface area contributed by atoms with E-state index in [4.69, 9.17) is 0 Å². The Morgan fingerprint density at radius 1 is 1.47 bits per heavy atom. The van der Waals surface area contributed by atoms with Crippen LogP contribution in [0.5, 0.6) is 0 Å². The summed E-state index contributed by atoms with van der Waals surface area (Å²) in [6, 6.07) is 8.13. The van der Waals surface area contributed by atoms with Crippen molar-refractivity contribution in [3.63, 3.8) is 0 Å². The van der Waals surface area contributed by atoms with E-state index in [1.54, 1.807) is 11.8 Å². The van der Waals surface area contributed by atoms with Gasteiger partial charge in [0.1, 0.15) is 5.37 Å². The molecule has 2 amide bonds. The highest BCUT2D eigenvalue weighted by molar-refractivity contribution is 8.00. The molecule has 1 aromatic rings. The number of carbonyl (C=O) groups excluding carboxylic acids is 2. The largest absolute Gasteiger partial charge is 0.355 e. The third-order valence-corrected chi connectivity index (χ3v) is 4.39. The topological polar surface area (TPSA) is 49.4 Å². The van der Waals surface area contributed by atoms with Crippen LogP contribution in [0.15, 0.2) is 24.3 Å². The summed E-state index contributed by atoms with van der Waals surface area (Å²) < 4.78 is 0. The lowest BCUT2D eigenvalue weighted by Crippen LogP contribution is -2.36. The van der Waals surface area contributed by atoms with Gasteiger partial charge in [0.25, 0.3) is 0 Å². The number of benzene rings is 1. The second-order valence-corrected chi connectivity index (χ2v) is 5.66. The van der Waals surface area contributed by atoms with Gasteiger partial charge in [-0.05, 0) is 18.1 Å². The van der Waals surface area contributed by atoms with Gasteiger partial charge in [-0.25, -0.2) is 0 Å². The molecule has 1 fully saturated rings. The van der Waals surface area contributed by atoms with E-state index < -0.39 is 0 Å². The average molecular weight is 278 g/mol. The minimum Gasteiger partial charge on any atom is -0.355 e. The van der Waals surface area contributed by atoms with Gasteiger partial charge in [0.05, 0.1) is 5.75 Å². The Bertz CT molecular complexity index is 490. The molecule has 0 saturated carbocycles. The molecule has 1 unspecified atom stereocenters. The Hall–Kier alpha value is -1.49. The predicted molar refractivity (Wildman–Crippen MR) is 76.8 cm³/mol. The van der Waals surface area contributed by atoms with Crippen molar-refractivity contribution in [1.82, 2.24) is 10.2 Å². The normalized spacial score (nSPS) is 18.7. The summed E-state index contributed by atoms with van der Waals surface area (Å²) in [5, 5.41) is 2.81. The van der Waals surface area contributed by atoms with Crippen LogP contribution >= 0.6 is 11.8 Å². The van der Waals surface area contributed by atoms with Crippen LogP contribution in [0.2, 0.25) is 0 Å². The summed E-state index contributed by atoms with van der Waals surface area (Å²) in [5.41, 5.74) is 2.38. The number of hydrogen-bond acceptors (Lipinski definition) is 3. The van der Waals surface area contributed by atoms with Crippen molar-refractivity contribution in [2.45, 2.75) is 19.2 Å². The van der Waals surface area contributed by atoms with Gasteiger partial charge in [0.2, 0.25) is 11.8 Å². The van der Waals surface area contributed by atoms with E-state index in [9.17, 15) is 9.59 Å². The minimum absolute atomic E-state index is 0.0632. The smallest absolute Gasteiger partial charge is 0.233 e. The zero-order chi connectivity index (χ0) is 13.8. The van der Waals surface area contributed by atoms with Crippen molar-refractivity contribution in [1.29, 1.82) is 0 Å². The van der Waals surface area contributed by atoms with Gasteiger partial charge in [0.15, 0.2) is 0 Å². The quantitative estimate of drug-likeness (QED) is 0.912. The van der Waals surface area contributed by atoms with Gasteiger partial charge in [0, 0.05) is 20.0 Å². The van der Waals surface area contributed by atoms with Gasteiger partial charge in [-0.3, -0.25) is 9.59 Å². The molecule has 1 heterocycles. The first-order valence-corrected chi connectivity index (χ1v) is 7.35. The third-order valence-electron chi connectivity index (χ3n) is 3.15. The summed E-state index contributed by atoms with van der Waals surface area (Å²) in [5.74, 6) is 0.592. The maximum absolute atomic E-state index is 11.9. The SMILES string of the molecule is CC(=O)NCCN1C(=O)CSC1c1ccccc1C. The number of amides is 2. The molecule has 4 nitrogen and oxygen atoms in total. The minimum atomic E-state index is -0.0632. The lowest BCUT2D eigenvalue weighted by atomic mass is 10.1. The first-order valence-electron chi connectivity index (χ1n) is 6.30. The van der Waals surface area contributed by atoms with Crippen LogP contribution in [0.4, 0.5) is 0 Å². The monoisotopic (exact) mass is 278 g/mol. The van der Waals surface area contributed by atoms with Crippen LogP contribution in [0.3, 0.4) is 0 Å². The van der Waals surface area contributed by atoms with Gasteiger partial charge in [-0.15, -0.1) is 11.8 Å². The predicted octanol–water partition coefficient (Wildman–Crippen LogP) is 1.71. The van der Waals surface area contributed by atoms with E-state index in [0.29, 0.717) is 18.8 Å². The van der Waals surface area contributed by atoms with Crippen LogP contribution in [-0.2, 0) is 9.59 Å². The van der Waals surface area contributed by atoms with Crippen LogP contribution in [0.25, 0.3) is 0 Å². The number of nitrogens with zero attached hydrogens (tertiary/aromatic N) is 1. The molecular weight excluding hydrogens is 260 g/mol. The second-order valence-electron chi connectivity index (χ2n) is 4.59. The highest BCUT2D eigenvalue weighted by Gasteiger charge is 2.32. The molecular formula is C14H18N2O2S. The molecule has 1 saturated heterocycles. The first-order chi connectivity index (χ1) is 9.09. The molecule has 0 aromatic heterocycles. The molecule has 0 radical (unpaired) electrons. The fourth-order valence-corrected chi connectivity index (χ4v) is 3.48. The fourth-order valence-electron chi connectivity index (χ4n) is 2.17. The molecule has 1 N–H and O–H groups in total. The Balaban J connectivity index is 2.09. The van der Waals surface area contributed by atoms with Crippen LogP contribution in [-0.4, -0.2) is 35.6 Å². The van der Waals surface area contributed by atoms with Crippen molar-refractivity contribution in [2.75, 3.05) is 18.8 Å². The Morgan fingerprint density at radius 3 is 2.89 bits per heavy atom. The zero-order valence-corrected chi connectivity index (χ0v) is 12.0. The number of rotatable bonds is 4. The number of carbonyl (C=O) groups is 2. The van der Waals surface area contributed by atoms with E-state index in [2.05, 4.69) is 24.4 Å². The van der Waals surface area contributed by atoms with Crippen molar-refractivity contribution < 1.29 is 9.59 Å². The maximum atomic E-state index is 11.9. The summed E-state index contributed by atoms with van der Waals surface area (Å²) in [4.78, 5) is 24.7. The molecule has 0 bridgehead atoms. The van der Waals surface area contributed by atoms with E-state index in [1.165, 1.54) is 18.1 Å². The van der Waals surface area contributed by atoms with E-state index in [0.717, 1.165) is 0 Å². The molecule has 0 aliphatic carbocycles. The first kappa shape index (κ1) is 13.9. The third kappa shape index (κ3) is 3.29. The molecule has 5 heteroatoms. The number of hydrogen-bond donors (Lipinski definition) is 1. The molecule has 102 valence electrons. The molecule has 1 aliphatic heterocycles. The molecule has 2 rings (SSSR count). The van der Waals surface area contributed by atoms with Crippen LogP contribution < -0.4 is 5.32 Å². The van der Waals surface area contributed by atoms with Crippen LogP contribution in [0.1, 0.15) is 23.4 Å². The lowest BCUT2D eigenvalue weighted by molar-refractivity contribution is -0.128. The van der Waals surface area contributed by atoms with Crippen molar-refractivity contribution in [3.8, 4) is 0 Å². The van der Waals surface area contributed by atoms with E-state index >= 15 is 0 Å². The fraction of sp³-hybridized carbons (Fsp3) is 0.429. The lowest BCUT2D eigenvalue weighted by Gasteiger charge is -2.25. The van der Waals surface area contributed by atoms with E-state index in [1.807, 2.05) is 17.0 Å². The van der Waals surface area contributed by atoms with Crippen molar-refractivity contribution in [3.05, 3.63) is 35.4 Å². The van der Waals surface area contributed by atoms with Gasteiger partial charge < -0.3 is 10.2 Å². The summed E-state index contributed by atoms with van der Waals surface area (Å²) in [6.45, 7) is 4.61. The molecule has 1 aromatic carbocycles. The Morgan fingerprint density at radius 2 is 2.21 bits per heavy atom. The zero-order valence-electron chi connectivity index (χ0n) is 11.2. The number of nitrogens with one attached hydrogen (secondary N) is 1. The van der Waals surface area contributed by atoms with Crippen LogP contribution in [0, 0.1) is 6.92 Å². The van der Waals surface area contributed by atoms with Gasteiger partial charge in [-0.2, -0.15) is 0 Å². The maximum Gasteiger partial charge on any atom is 0.233 e. The molecule has 19 heavy (non-hydrogen) atoms. The number of aryl methyl sites for hydroxylation is 1. The van der Waals surface area contributed by atoms with Crippen molar-refractivity contribution in [2.24, 2.45) is 0 Å². The molecule has 1 aliphatic rings.